The Labute approximate surface area is 149 Å². The van der Waals surface area contributed by atoms with E-state index in [9.17, 15) is 4.79 Å². The molecular formula is C17H17N5O4. The van der Waals surface area contributed by atoms with Gasteiger partial charge in [0, 0.05) is 17.3 Å². The first-order valence-electron chi connectivity index (χ1n) is 7.61. The minimum atomic E-state index is -0.289. The van der Waals surface area contributed by atoms with Gasteiger partial charge in [-0.1, -0.05) is 0 Å². The lowest BCUT2D eigenvalue weighted by Gasteiger charge is -2.12. The molecule has 9 nitrogen and oxygen atoms in total. The van der Waals surface area contributed by atoms with E-state index in [0.717, 1.165) is 0 Å². The minimum absolute atomic E-state index is 0.289. The first-order valence-corrected chi connectivity index (χ1v) is 7.61. The summed E-state index contributed by atoms with van der Waals surface area (Å²) in [5.41, 5.74) is 1.66. The van der Waals surface area contributed by atoms with Crippen LogP contribution in [-0.2, 0) is 0 Å². The van der Waals surface area contributed by atoms with E-state index in [1.807, 2.05) is 0 Å². The van der Waals surface area contributed by atoms with Gasteiger partial charge in [-0.15, -0.1) is 5.10 Å². The molecular weight excluding hydrogens is 338 g/mol. The summed E-state index contributed by atoms with van der Waals surface area (Å²) in [6, 6.07) is 10.1. The molecule has 0 unspecified atom stereocenters. The third-order valence-corrected chi connectivity index (χ3v) is 3.68. The number of tetrazole rings is 1. The lowest BCUT2D eigenvalue weighted by Crippen LogP contribution is -2.12. The number of hydrogen-bond acceptors (Lipinski definition) is 7. The Morgan fingerprint density at radius 1 is 0.962 bits per heavy atom. The Hall–Kier alpha value is -3.62. The van der Waals surface area contributed by atoms with Gasteiger partial charge in [-0.25, -0.2) is 0 Å². The van der Waals surface area contributed by atoms with Crippen LogP contribution in [0, 0.1) is 0 Å². The van der Waals surface area contributed by atoms with Crippen molar-refractivity contribution in [1.29, 1.82) is 0 Å². The third kappa shape index (κ3) is 3.41. The van der Waals surface area contributed by atoms with Crippen LogP contribution in [0.4, 0.5) is 5.69 Å². The first kappa shape index (κ1) is 17.2. The van der Waals surface area contributed by atoms with Gasteiger partial charge in [0.1, 0.15) is 17.8 Å². The molecule has 2 aromatic carbocycles. The van der Waals surface area contributed by atoms with Crippen molar-refractivity contribution in [1.82, 2.24) is 20.2 Å². The van der Waals surface area contributed by atoms with Gasteiger partial charge >= 0.3 is 0 Å². The summed E-state index contributed by atoms with van der Waals surface area (Å²) in [7, 11) is 4.58. The Morgan fingerprint density at radius 2 is 1.73 bits per heavy atom. The fourth-order valence-corrected chi connectivity index (χ4v) is 2.40. The van der Waals surface area contributed by atoms with Gasteiger partial charge in [-0.3, -0.25) is 4.79 Å². The predicted octanol–water partition coefficient (Wildman–Crippen LogP) is 1.94. The van der Waals surface area contributed by atoms with Crippen LogP contribution in [0.15, 0.2) is 42.7 Å². The molecule has 0 spiro atoms. The molecule has 134 valence electrons. The molecule has 0 aliphatic carbocycles. The van der Waals surface area contributed by atoms with Crippen LogP contribution in [0.25, 0.3) is 5.69 Å². The number of amides is 1. The number of methoxy groups -OCH3 is 3. The van der Waals surface area contributed by atoms with Crippen molar-refractivity contribution in [2.24, 2.45) is 0 Å². The third-order valence-electron chi connectivity index (χ3n) is 3.68. The van der Waals surface area contributed by atoms with Crippen molar-refractivity contribution >= 4 is 11.6 Å². The van der Waals surface area contributed by atoms with Crippen LogP contribution in [0.2, 0.25) is 0 Å². The molecule has 0 fully saturated rings. The molecule has 9 heteroatoms. The van der Waals surface area contributed by atoms with Gasteiger partial charge in [0.15, 0.2) is 11.5 Å². The van der Waals surface area contributed by atoms with Crippen molar-refractivity contribution in [2.75, 3.05) is 26.6 Å². The highest BCUT2D eigenvalue weighted by Crippen LogP contribution is 2.29. The molecule has 0 bridgehead atoms. The van der Waals surface area contributed by atoms with E-state index in [1.54, 1.807) is 36.4 Å². The molecule has 3 rings (SSSR count). The second-order valence-corrected chi connectivity index (χ2v) is 5.16. The maximum absolute atomic E-state index is 12.5. The van der Waals surface area contributed by atoms with Gasteiger partial charge in [0.05, 0.1) is 21.3 Å². The number of carbonyl (C=O) groups excluding carboxylic acids is 1. The van der Waals surface area contributed by atoms with E-state index in [4.69, 9.17) is 14.2 Å². The van der Waals surface area contributed by atoms with Crippen molar-refractivity contribution in [3.63, 3.8) is 0 Å². The highest BCUT2D eigenvalue weighted by Gasteiger charge is 2.13. The Balaban J connectivity index is 1.83. The SMILES string of the molecule is COc1ccc(C(=O)Nc2ccc(-n3cnnn3)c(OC)c2)cc1OC. The maximum atomic E-state index is 12.5. The zero-order chi connectivity index (χ0) is 18.5. The number of nitrogens with zero attached hydrogens (tertiary/aromatic N) is 4. The number of anilines is 1. The van der Waals surface area contributed by atoms with Crippen molar-refractivity contribution in [3.8, 4) is 22.9 Å². The number of hydrogen-bond donors (Lipinski definition) is 1. The first-order chi connectivity index (χ1) is 12.7. The molecule has 3 aromatic rings. The number of benzene rings is 2. The zero-order valence-electron chi connectivity index (χ0n) is 14.5. The van der Waals surface area contributed by atoms with E-state index >= 15 is 0 Å². The second-order valence-electron chi connectivity index (χ2n) is 5.16. The van der Waals surface area contributed by atoms with Gasteiger partial charge in [-0.05, 0) is 40.8 Å². The van der Waals surface area contributed by atoms with E-state index < -0.39 is 0 Å². The predicted molar refractivity (Wildman–Crippen MR) is 93.2 cm³/mol. The summed E-state index contributed by atoms with van der Waals surface area (Å²) >= 11 is 0. The largest absolute Gasteiger partial charge is 0.494 e. The molecule has 26 heavy (non-hydrogen) atoms. The van der Waals surface area contributed by atoms with Gasteiger partial charge < -0.3 is 19.5 Å². The summed E-state index contributed by atoms with van der Waals surface area (Å²) < 4.78 is 17.2. The van der Waals surface area contributed by atoms with Crippen LogP contribution in [-0.4, -0.2) is 47.4 Å². The average molecular weight is 355 g/mol. The highest BCUT2D eigenvalue weighted by atomic mass is 16.5. The smallest absolute Gasteiger partial charge is 0.255 e. The Morgan fingerprint density at radius 3 is 2.38 bits per heavy atom. The topological polar surface area (TPSA) is 100 Å². The Kier molecular flexibility index (Phi) is 4.97. The number of nitrogens with one attached hydrogen (secondary N) is 1. The number of ether oxygens (including phenoxy) is 3. The molecule has 0 aliphatic heterocycles. The van der Waals surface area contributed by atoms with Crippen molar-refractivity contribution < 1.29 is 19.0 Å². The van der Waals surface area contributed by atoms with E-state index in [-0.39, 0.29) is 5.91 Å². The van der Waals surface area contributed by atoms with Crippen LogP contribution < -0.4 is 19.5 Å². The average Bonchev–Trinajstić information content (AvgIpc) is 3.21. The number of rotatable bonds is 6. The van der Waals surface area contributed by atoms with E-state index in [0.29, 0.717) is 34.2 Å². The standard InChI is InChI=1S/C17H17N5O4/c1-24-14-7-4-11(8-16(14)26-3)17(23)19-12-5-6-13(15(9-12)25-2)22-10-18-20-21-22/h4-10H,1-3H3,(H,19,23). The maximum Gasteiger partial charge on any atom is 0.255 e. The van der Waals surface area contributed by atoms with Crippen molar-refractivity contribution in [3.05, 3.63) is 48.3 Å². The fourth-order valence-electron chi connectivity index (χ4n) is 2.40. The number of carbonyl (C=O) groups is 1. The molecule has 1 aromatic heterocycles. The normalized spacial score (nSPS) is 10.3. The Bertz CT molecular complexity index is 912. The van der Waals surface area contributed by atoms with E-state index in [2.05, 4.69) is 20.8 Å². The van der Waals surface area contributed by atoms with Gasteiger partial charge in [0.25, 0.3) is 5.91 Å². The molecule has 0 radical (unpaired) electrons. The van der Waals surface area contributed by atoms with Gasteiger partial charge in [0.2, 0.25) is 0 Å². The molecule has 1 amide bonds. The minimum Gasteiger partial charge on any atom is -0.494 e. The second kappa shape index (κ2) is 7.51. The monoisotopic (exact) mass is 355 g/mol. The fraction of sp³-hybridized carbons (Fsp3) is 0.176. The zero-order valence-corrected chi connectivity index (χ0v) is 14.5. The van der Waals surface area contributed by atoms with Crippen LogP contribution >= 0.6 is 0 Å². The lowest BCUT2D eigenvalue weighted by molar-refractivity contribution is 0.102. The molecule has 0 atom stereocenters. The summed E-state index contributed by atoms with van der Waals surface area (Å²) in [6.07, 6.45) is 1.46. The van der Waals surface area contributed by atoms with Gasteiger partial charge in [-0.2, -0.15) is 4.68 Å². The van der Waals surface area contributed by atoms with Crippen LogP contribution in [0.3, 0.4) is 0 Å². The molecule has 0 saturated heterocycles. The van der Waals surface area contributed by atoms with Crippen LogP contribution in [0.1, 0.15) is 10.4 Å². The summed E-state index contributed by atoms with van der Waals surface area (Å²) in [4.78, 5) is 12.5. The molecule has 0 saturated carbocycles. The quantitative estimate of drug-likeness (QED) is 0.721. The number of aromatic nitrogens is 4. The summed E-state index contributed by atoms with van der Waals surface area (Å²) in [5, 5.41) is 13.8. The summed E-state index contributed by atoms with van der Waals surface area (Å²) in [5.74, 6) is 1.26. The van der Waals surface area contributed by atoms with Crippen LogP contribution in [0.5, 0.6) is 17.2 Å². The van der Waals surface area contributed by atoms with E-state index in [1.165, 1.54) is 32.3 Å². The molecule has 1 heterocycles. The molecule has 1 N–H and O–H groups in total. The van der Waals surface area contributed by atoms with Crippen molar-refractivity contribution in [2.45, 2.75) is 0 Å². The summed E-state index contributed by atoms with van der Waals surface area (Å²) in [6.45, 7) is 0. The molecule has 0 aliphatic rings. The lowest BCUT2D eigenvalue weighted by atomic mass is 10.1. The highest BCUT2D eigenvalue weighted by molar-refractivity contribution is 6.04.